The highest BCUT2D eigenvalue weighted by atomic mass is 32.2. The number of methoxy groups -OCH3 is 1. The maximum Gasteiger partial charge on any atom is 0.234 e. The van der Waals surface area contributed by atoms with Crippen LogP contribution in [0, 0.1) is 13.8 Å². The average Bonchev–Trinajstić information content (AvgIpc) is 3.09. The summed E-state index contributed by atoms with van der Waals surface area (Å²) in [5, 5.41) is 12.1. The fourth-order valence-electron chi connectivity index (χ4n) is 3.04. The van der Waals surface area contributed by atoms with Crippen LogP contribution in [0.2, 0.25) is 0 Å². The summed E-state index contributed by atoms with van der Waals surface area (Å²) in [4.78, 5) is 12.4. The molecule has 7 nitrogen and oxygen atoms in total. The van der Waals surface area contributed by atoms with Gasteiger partial charge in [-0.2, -0.15) is 0 Å². The number of hydrogen-bond acceptors (Lipinski definition) is 6. The van der Waals surface area contributed by atoms with Crippen LogP contribution in [0.25, 0.3) is 0 Å². The lowest BCUT2D eigenvalue weighted by Gasteiger charge is -2.16. The molecule has 0 fully saturated rings. The highest BCUT2D eigenvalue weighted by molar-refractivity contribution is 7.99. The zero-order valence-electron chi connectivity index (χ0n) is 17.8. The lowest BCUT2D eigenvalue weighted by atomic mass is 10.1. The summed E-state index contributed by atoms with van der Waals surface area (Å²) in [6.45, 7) is 5.91. The van der Waals surface area contributed by atoms with Gasteiger partial charge in [0, 0.05) is 12.7 Å². The quantitative estimate of drug-likeness (QED) is 0.541. The Kier molecular flexibility index (Phi) is 6.99. The largest absolute Gasteiger partial charge is 0.493 e. The number of nitrogens with zero attached hydrogens (tertiary/aromatic N) is 3. The molecule has 2 aromatic carbocycles. The molecule has 30 heavy (non-hydrogen) atoms. The van der Waals surface area contributed by atoms with Crippen LogP contribution < -0.4 is 14.8 Å². The minimum atomic E-state index is -0.336. The van der Waals surface area contributed by atoms with E-state index in [0.717, 1.165) is 16.8 Å². The first kappa shape index (κ1) is 21.7. The molecule has 1 N–H and O–H groups in total. The van der Waals surface area contributed by atoms with E-state index in [0.29, 0.717) is 22.5 Å². The van der Waals surface area contributed by atoms with Crippen molar-refractivity contribution in [2.45, 2.75) is 32.0 Å². The number of aryl methyl sites for hydroxylation is 2. The van der Waals surface area contributed by atoms with Gasteiger partial charge in [-0.3, -0.25) is 4.79 Å². The Bertz CT molecular complexity index is 1030. The second-order valence-electron chi connectivity index (χ2n) is 6.97. The van der Waals surface area contributed by atoms with Crippen LogP contribution in [0.1, 0.15) is 30.0 Å². The summed E-state index contributed by atoms with van der Waals surface area (Å²) in [6.07, 6.45) is -0.336. The minimum absolute atomic E-state index is 0.0881. The minimum Gasteiger partial charge on any atom is -0.493 e. The van der Waals surface area contributed by atoms with E-state index in [1.54, 1.807) is 7.11 Å². The van der Waals surface area contributed by atoms with E-state index in [4.69, 9.17) is 9.47 Å². The predicted octanol–water partition coefficient (Wildman–Crippen LogP) is 4.31. The lowest BCUT2D eigenvalue weighted by molar-refractivity contribution is -0.113. The number of rotatable bonds is 8. The molecule has 0 aliphatic heterocycles. The molecule has 158 valence electrons. The van der Waals surface area contributed by atoms with Crippen molar-refractivity contribution in [2.24, 2.45) is 7.05 Å². The van der Waals surface area contributed by atoms with Gasteiger partial charge in [0.25, 0.3) is 0 Å². The van der Waals surface area contributed by atoms with Gasteiger partial charge in [0.15, 0.2) is 28.6 Å². The number of nitrogens with one attached hydrogen (secondary N) is 1. The van der Waals surface area contributed by atoms with E-state index in [9.17, 15) is 4.79 Å². The van der Waals surface area contributed by atoms with Crippen LogP contribution in [0.3, 0.4) is 0 Å². The monoisotopic (exact) mass is 426 g/mol. The van der Waals surface area contributed by atoms with Gasteiger partial charge in [-0.05, 0) is 44.5 Å². The van der Waals surface area contributed by atoms with Crippen LogP contribution in [0.15, 0.2) is 47.6 Å². The van der Waals surface area contributed by atoms with Crippen molar-refractivity contribution >= 4 is 23.4 Å². The Hall–Kier alpha value is -3.00. The van der Waals surface area contributed by atoms with Gasteiger partial charge in [0.05, 0.1) is 12.9 Å². The third-order valence-corrected chi connectivity index (χ3v) is 5.61. The SMILES string of the molecule is COc1ccccc1OC(C)c1nnc(SCC(=O)Nc2ccc(C)cc2C)n1C. The molecule has 3 aromatic rings. The fraction of sp³-hybridized carbons (Fsp3) is 0.318. The molecular formula is C22H26N4O3S. The highest BCUT2D eigenvalue weighted by Crippen LogP contribution is 2.30. The number of carbonyl (C=O) groups is 1. The summed E-state index contributed by atoms with van der Waals surface area (Å²) >= 11 is 1.33. The van der Waals surface area contributed by atoms with Gasteiger partial charge in [0.2, 0.25) is 5.91 Å². The maximum atomic E-state index is 12.4. The molecule has 8 heteroatoms. The van der Waals surface area contributed by atoms with Crippen LogP contribution in [-0.2, 0) is 11.8 Å². The van der Waals surface area contributed by atoms with Crippen molar-refractivity contribution in [2.75, 3.05) is 18.2 Å². The number of anilines is 1. The van der Waals surface area contributed by atoms with Gasteiger partial charge < -0.3 is 19.4 Å². The van der Waals surface area contributed by atoms with Crippen molar-refractivity contribution in [3.05, 3.63) is 59.4 Å². The Morgan fingerprint density at radius 2 is 1.90 bits per heavy atom. The average molecular weight is 427 g/mol. The van der Waals surface area contributed by atoms with E-state index in [2.05, 4.69) is 15.5 Å². The normalized spacial score (nSPS) is 11.8. The molecule has 1 aromatic heterocycles. The Morgan fingerprint density at radius 1 is 1.17 bits per heavy atom. The number of benzene rings is 2. The Morgan fingerprint density at radius 3 is 2.60 bits per heavy atom. The van der Waals surface area contributed by atoms with E-state index in [1.807, 2.05) is 74.9 Å². The topological polar surface area (TPSA) is 78.3 Å². The fourth-order valence-corrected chi connectivity index (χ4v) is 3.75. The summed E-state index contributed by atoms with van der Waals surface area (Å²) in [6, 6.07) is 13.4. The van der Waals surface area contributed by atoms with Gasteiger partial charge in [-0.1, -0.05) is 41.6 Å². The van der Waals surface area contributed by atoms with Crippen molar-refractivity contribution in [3.8, 4) is 11.5 Å². The number of carbonyl (C=O) groups excluding carboxylic acids is 1. The number of ether oxygens (including phenoxy) is 2. The zero-order valence-corrected chi connectivity index (χ0v) is 18.6. The smallest absolute Gasteiger partial charge is 0.234 e. The standard InChI is InChI=1S/C22H26N4O3S/c1-14-10-11-17(15(2)12-14)23-20(27)13-30-22-25-24-21(26(22)4)16(3)29-19-9-7-6-8-18(19)28-5/h6-12,16H,13H2,1-5H3,(H,23,27). The van der Waals surface area contributed by atoms with Gasteiger partial charge in [-0.15, -0.1) is 10.2 Å². The molecule has 0 aliphatic carbocycles. The summed E-state index contributed by atoms with van der Waals surface area (Å²) in [7, 11) is 3.47. The highest BCUT2D eigenvalue weighted by Gasteiger charge is 2.19. The molecule has 0 saturated carbocycles. The van der Waals surface area contributed by atoms with E-state index >= 15 is 0 Å². The second kappa shape index (κ2) is 9.67. The van der Waals surface area contributed by atoms with Crippen molar-refractivity contribution < 1.29 is 14.3 Å². The van der Waals surface area contributed by atoms with Crippen LogP contribution in [-0.4, -0.2) is 33.5 Å². The van der Waals surface area contributed by atoms with Gasteiger partial charge >= 0.3 is 0 Å². The lowest BCUT2D eigenvalue weighted by Crippen LogP contribution is -2.15. The molecule has 0 saturated heterocycles. The van der Waals surface area contributed by atoms with E-state index in [-0.39, 0.29) is 17.8 Å². The molecule has 1 heterocycles. The summed E-state index contributed by atoms with van der Waals surface area (Å²) < 4.78 is 13.2. The van der Waals surface area contributed by atoms with E-state index in [1.165, 1.54) is 11.8 Å². The molecule has 1 amide bonds. The first-order valence-corrected chi connectivity index (χ1v) is 10.6. The Balaban J connectivity index is 1.61. The number of amides is 1. The molecule has 0 spiro atoms. The van der Waals surface area contributed by atoms with Crippen LogP contribution in [0.4, 0.5) is 5.69 Å². The number of hydrogen-bond donors (Lipinski definition) is 1. The second-order valence-corrected chi connectivity index (χ2v) is 7.91. The zero-order chi connectivity index (χ0) is 21.7. The Labute approximate surface area is 180 Å². The van der Waals surface area contributed by atoms with Crippen molar-refractivity contribution in [1.82, 2.24) is 14.8 Å². The molecule has 3 rings (SSSR count). The molecule has 0 aliphatic rings. The number of para-hydroxylation sites is 2. The first-order valence-electron chi connectivity index (χ1n) is 9.58. The molecule has 1 unspecified atom stereocenters. The van der Waals surface area contributed by atoms with Crippen LogP contribution >= 0.6 is 11.8 Å². The molecule has 1 atom stereocenters. The van der Waals surface area contributed by atoms with Crippen LogP contribution in [0.5, 0.6) is 11.5 Å². The third-order valence-electron chi connectivity index (χ3n) is 4.59. The molecule has 0 bridgehead atoms. The predicted molar refractivity (Wildman–Crippen MR) is 118 cm³/mol. The van der Waals surface area contributed by atoms with E-state index < -0.39 is 0 Å². The van der Waals surface area contributed by atoms with Gasteiger partial charge in [0.1, 0.15) is 0 Å². The van der Waals surface area contributed by atoms with Crippen molar-refractivity contribution in [1.29, 1.82) is 0 Å². The summed E-state index contributed by atoms with van der Waals surface area (Å²) in [5.74, 6) is 2.11. The number of aromatic nitrogens is 3. The molecule has 0 radical (unpaired) electrons. The van der Waals surface area contributed by atoms with Crippen molar-refractivity contribution in [3.63, 3.8) is 0 Å². The maximum absolute atomic E-state index is 12.4. The summed E-state index contributed by atoms with van der Waals surface area (Å²) in [5.41, 5.74) is 3.02. The van der Waals surface area contributed by atoms with Gasteiger partial charge in [-0.25, -0.2) is 0 Å². The third kappa shape index (κ3) is 5.13. The molecular weight excluding hydrogens is 400 g/mol. The number of thioether (sulfide) groups is 1. The first-order chi connectivity index (χ1) is 14.4.